The van der Waals surface area contributed by atoms with Crippen LogP contribution in [0, 0.1) is 26.6 Å². The first kappa shape index (κ1) is 20.8. The lowest BCUT2D eigenvalue weighted by molar-refractivity contribution is -0.115. The van der Waals surface area contributed by atoms with Gasteiger partial charge < -0.3 is 5.32 Å². The lowest BCUT2D eigenvalue weighted by Crippen LogP contribution is -2.18. The van der Waals surface area contributed by atoms with Crippen molar-refractivity contribution < 1.29 is 9.18 Å². The van der Waals surface area contributed by atoms with Crippen LogP contribution in [0.3, 0.4) is 0 Å². The van der Waals surface area contributed by atoms with Crippen molar-refractivity contribution in [2.75, 3.05) is 5.32 Å². The van der Waals surface area contributed by atoms with Crippen LogP contribution in [0.25, 0.3) is 11.4 Å². The van der Waals surface area contributed by atoms with Crippen molar-refractivity contribution in [3.8, 4) is 11.4 Å². The van der Waals surface area contributed by atoms with E-state index in [0.29, 0.717) is 10.8 Å². The van der Waals surface area contributed by atoms with E-state index in [1.807, 2.05) is 32.9 Å². The molecule has 2 aromatic carbocycles. The van der Waals surface area contributed by atoms with Crippen LogP contribution >= 0.6 is 11.6 Å². The molecule has 2 heterocycles. The highest BCUT2D eigenvalue weighted by Gasteiger charge is 2.18. The zero-order valence-corrected chi connectivity index (χ0v) is 18.1. The summed E-state index contributed by atoms with van der Waals surface area (Å²) < 4.78 is 16.6. The van der Waals surface area contributed by atoms with Crippen molar-refractivity contribution in [3.63, 3.8) is 0 Å². The number of carbonyl (C=O) groups excluding carboxylic acids is 1. The maximum Gasteiger partial charge on any atom is 0.230 e. The highest BCUT2D eigenvalue weighted by atomic mass is 35.5. The number of nitrogens with one attached hydrogen (secondary N) is 1. The van der Waals surface area contributed by atoms with E-state index in [2.05, 4.69) is 15.5 Å². The molecule has 0 saturated heterocycles. The van der Waals surface area contributed by atoms with Gasteiger partial charge in [-0.2, -0.15) is 10.2 Å². The summed E-state index contributed by atoms with van der Waals surface area (Å²) in [4.78, 5) is 12.9. The normalized spacial score (nSPS) is 11.0. The second-order valence-electron chi connectivity index (χ2n) is 7.33. The Balaban J connectivity index is 1.57. The molecule has 6 nitrogen and oxygen atoms in total. The number of hydrogen-bond acceptors (Lipinski definition) is 3. The number of anilines is 1. The van der Waals surface area contributed by atoms with Crippen LogP contribution in [0.2, 0.25) is 5.02 Å². The van der Waals surface area contributed by atoms with Crippen LogP contribution in [0.15, 0.2) is 54.6 Å². The maximum absolute atomic E-state index is 13.2. The Morgan fingerprint density at radius 1 is 1.00 bits per heavy atom. The van der Waals surface area contributed by atoms with E-state index in [1.165, 1.54) is 12.1 Å². The molecule has 0 saturated carbocycles. The third kappa shape index (κ3) is 4.36. The van der Waals surface area contributed by atoms with Crippen molar-refractivity contribution in [1.82, 2.24) is 19.6 Å². The number of halogens is 2. The summed E-state index contributed by atoms with van der Waals surface area (Å²) in [6, 6.07) is 15.2. The van der Waals surface area contributed by atoms with Gasteiger partial charge in [0.25, 0.3) is 0 Å². The average Bonchev–Trinajstić information content (AvgIpc) is 3.22. The van der Waals surface area contributed by atoms with Crippen LogP contribution in [-0.4, -0.2) is 25.5 Å². The summed E-state index contributed by atoms with van der Waals surface area (Å²) in [5, 5.41) is 12.5. The van der Waals surface area contributed by atoms with E-state index >= 15 is 0 Å². The summed E-state index contributed by atoms with van der Waals surface area (Å²) in [5.41, 5.74) is 4.67. The number of amides is 1. The lowest BCUT2D eigenvalue weighted by Gasteiger charge is -2.10. The molecule has 0 bridgehead atoms. The minimum absolute atomic E-state index is 0.151. The van der Waals surface area contributed by atoms with E-state index < -0.39 is 0 Å². The fraction of sp³-hybridized carbons (Fsp3) is 0.174. The molecule has 4 rings (SSSR count). The van der Waals surface area contributed by atoms with Gasteiger partial charge in [0.2, 0.25) is 5.91 Å². The lowest BCUT2D eigenvalue weighted by atomic mass is 10.1. The molecule has 1 N–H and O–H groups in total. The van der Waals surface area contributed by atoms with Crippen LogP contribution in [0.5, 0.6) is 0 Å². The van der Waals surface area contributed by atoms with Gasteiger partial charge in [-0.1, -0.05) is 17.7 Å². The first-order chi connectivity index (χ1) is 14.8. The number of rotatable bonds is 5. The van der Waals surface area contributed by atoms with Gasteiger partial charge in [-0.05, 0) is 63.2 Å². The van der Waals surface area contributed by atoms with E-state index in [1.54, 1.807) is 39.7 Å². The molecule has 0 unspecified atom stereocenters. The summed E-state index contributed by atoms with van der Waals surface area (Å²) >= 11 is 6.10. The Morgan fingerprint density at radius 2 is 1.74 bits per heavy atom. The SMILES string of the molecule is Cc1cc(NC(=O)Cc2c(C)nn(-c3ccc(F)cc3)c2C)n(-c2cccc(Cl)c2)n1. The third-order valence-corrected chi connectivity index (χ3v) is 5.24. The zero-order valence-electron chi connectivity index (χ0n) is 17.4. The predicted octanol–water partition coefficient (Wildman–Crippen LogP) is 4.96. The standard InChI is InChI=1S/C23H21ClFN5O/c1-14-11-22(30(27-14)20-6-4-5-17(24)12-20)26-23(31)13-21-15(2)28-29(16(21)3)19-9-7-18(25)8-10-19/h4-12H,13H2,1-3H3,(H,26,31). The van der Waals surface area contributed by atoms with Gasteiger partial charge in [0.05, 0.1) is 29.2 Å². The van der Waals surface area contributed by atoms with Crippen molar-refractivity contribution in [2.45, 2.75) is 27.2 Å². The number of aromatic nitrogens is 4. The van der Waals surface area contributed by atoms with Gasteiger partial charge in [0, 0.05) is 22.3 Å². The van der Waals surface area contributed by atoms with Gasteiger partial charge in [0.15, 0.2) is 0 Å². The van der Waals surface area contributed by atoms with Crippen LogP contribution in [-0.2, 0) is 11.2 Å². The number of carbonyl (C=O) groups is 1. The Hall–Kier alpha value is -3.45. The molecule has 1 amide bonds. The topological polar surface area (TPSA) is 64.7 Å². The molecular formula is C23H21ClFN5O. The summed E-state index contributed by atoms with van der Waals surface area (Å²) in [6.07, 6.45) is 0.151. The molecule has 2 aromatic heterocycles. The number of benzene rings is 2. The fourth-order valence-corrected chi connectivity index (χ4v) is 3.69. The predicted molar refractivity (Wildman–Crippen MR) is 119 cm³/mol. The quantitative estimate of drug-likeness (QED) is 0.480. The molecule has 0 radical (unpaired) electrons. The van der Waals surface area contributed by atoms with Gasteiger partial charge in [-0.3, -0.25) is 4.79 Å². The molecule has 31 heavy (non-hydrogen) atoms. The fourth-order valence-electron chi connectivity index (χ4n) is 3.51. The van der Waals surface area contributed by atoms with E-state index in [-0.39, 0.29) is 18.1 Å². The van der Waals surface area contributed by atoms with Crippen molar-refractivity contribution in [3.05, 3.63) is 88.1 Å². The van der Waals surface area contributed by atoms with Gasteiger partial charge in [0.1, 0.15) is 11.6 Å². The summed E-state index contributed by atoms with van der Waals surface area (Å²) in [6.45, 7) is 5.61. The Labute approximate surface area is 184 Å². The second kappa shape index (κ2) is 8.35. The smallest absolute Gasteiger partial charge is 0.230 e. The Morgan fingerprint density at radius 3 is 2.45 bits per heavy atom. The molecular weight excluding hydrogens is 417 g/mol. The van der Waals surface area contributed by atoms with Crippen molar-refractivity contribution in [1.29, 1.82) is 0 Å². The maximum atomic E-state index is 13.2. The van der Waals surface area contributed by atoms with Crippen LogP contribution < -0.4 is 5.32 Å². The monoisotopic (exact) mass is 437 g/mol. The van der Waals surface area contributed by atoms with E-state index in [4.69, 9.17) is 11.6 Å². The molecule has 0 atom stereocenters. The third-order valence-electron chi connectivity index (χ3n) is 5.00. The molecule has 8 heteroatoms. The van der Waals surface area contributed by atoms with Crippen LogP contribution in [0.1, 0.15) is 22.6 Å². The number of aryl methyl sites for hydroxylation is 2. The first-order valence-corrected chi connectivity index (χ1v) is 10.1. The van der Waals surface area contributed by atoms with Gasteiger partial charge >= 0.3 is 0 Å². The number of nitrogens with zero attached hydrogens (tertiary/aromatic N) is 4. The molecule has 0 spiro atoms. The van der Waals surface area contributed by atoms with Crippen molar-refractivity contribution >= 4 is 23.3 Å². The van der Waals surface area contributed by atoms with Gasteiger partial charge in [-0.25, -0.2) is 13.8 Å². The zero-order chi connectivity index (χ0) is 22.1. The Bertz CT molecular complexity index is 1260. The molecule has 0 aliphatic heterocycles. The molecule has 4 aromatic rings. The Kier molecular flexibility index (Phi) is 5.61. The second-order valence-corrected chi connectivity index (χ2v) is 7.76. The molecule has 0 aliphatic rings. The minimum atomic E-state index is -0.309. The molecule has 0 aliphatic carbocycles. The van der Waals surface area contributed by atoms with E-state index in [9.17, 15) is 9.18 Å². The van der Waals surface area contributed by atoms with Gasteiger partial charge in [-0.15, -0.1) is 0 Å². The molecule has 0 fully saturated rings. The highest BCUT2D eigenvalue weighted by molar-refractivity contribution is 6.30. The summed E-state index contributed by atoms with van der Waals surface area (Å²) in [5.74, 6) is 0.0653. The van der Waals surface area contributed by atoms with E-state index in [0.717, 1.165) is 34.0 Å². The molecule has 158 valence electrons. The number of hydrogen-bond donors (Lipinski definition) is 1. The summed E-state index contributed by atoms with van der Waals surface area (Å²) in [7, 11) is 0. The first-order valence-electron chi connectivity index (χ1n) is 9.75. The average molecular weight is 438 g/mol. The van der Waals surface area contributed by atoms with Crippen LogP contribution in [0.4, 0.5) is 10.2 Å². The van der Waals surface area contributed by atoms with Crippen molar-refractivity contribution in [2.24, 2.45) is 0 Å². The largest absolute Gasteiger partial charge is 0.310 e. The highest BCUT2D eigenvalue weighted by Crippen LogP contribution is 2.22. The minimum Gasteiger partial charge on any atom is -0.310 e.